The molecule has 1 aromatic rings. The third-order valence-electron chi connectivity index (χ3n) is 4.06. The van der Waals surface area contributed by atoms with E-state index in [0.717, 1.165) is 19.3 Å². The van der Waals surface area contributed by atoms with Gasteiger partial charge in [-0.05, 0) is 43.4 Å². The zero-order valence-electron chi connectivity index (χ0n) is 12.6. The third-order valence-corrected chi connectivity index (χ3v) is 5.46. The molecule has 2 N–H and O–H groups in total. The summed E-state index contributed by atoms with van der Waals surface area (Å²) in [4.78, 5) is 0.165. The van der Waals surface area contributed by atoms with E-state index in [1.807, 2.05) is 6.92 Å². The van der Waals surface area contributed by atoms with Crippen LogP contribution >= 0.6 is 0 Å². The molecule has 0 atom stereocenters. The van der Waals surface area contributed by atoms with E-state index in [9.17, 15) is 13.5 Å². The van der Waals surface area contributed by atoms with Crippen molar-refractivity contribution in [1.82, 2.24) is 4.72 Å². The molecule has 0 unspecified atom stereocenters. The van der Waals surface area contributed by atoms with Crippen LogP contribution in [0.4, 0.5) is 0 Å². The zero-order chi connectivity index (χ0) is 15.5. The lowest BCUT2D eigenvalue weighted by Crippen LogP contribution is -2.39. The molecule has 1 aliphatic carbocycles. The monoisotopic (exact) mass is 313 g/mol. The summed E-state index contributed by atoms with van der Waals surface area (Å²) < 4.78 is 32.7. The van der Waals surface area contributed by atoms with Gasteiger partial charge in [0.05, 0.1) is 18.1 Å². The third kappa shape index (κ3) is 3.75. The summed E-state index contributed by atoms with van der Waals surface area (Å²) in [5.74, 6) is 0.518. The highest BCUT2D eigenvalue weighted by Crippen LogP contribution is 2.39. The summed E-state index contributed by atoms with van der Waals surface area (Å²) in [6.07, 6.45) is 3.28. The van der Waals surface area contributed by atoms with Gasteiger partial charge in [0.2, 0.25) is 10.0 Å². The van der Waals surface area contributed by atoms with Crippen molar-refractivity contribution < 1.29 is 18.3 Å². The minimum atomic E-state index is -3.55. The molecule has 0 spiro atoms. The number of benzene rings is 1. The molecule has 118 valence electrons. The Kier molecular flexibility index (Phi) is 4.91. The van der Waals surface area contributed by atoms with Gasteiger partial charge in [-0.25, -0.2) is 13.1 Å². The van der Waals surface area contributed by atoms with Gasteiger partial charge < -0.3 is 9.84 Å². The number of rotatable bonds is 7. The normalized spacial score (nSPS) is 17.3. The molecule has 21 heavy (non-hydrogen) atoms. The van der Waals surface area contributed by atoms with Crippen LogP contribution in [0.1, 0.15) is 38.7 Å². The van der Waals surface area contributed by atoms with E-state index in [0.29, 0.717) is 24.5 Å². The maximum absolute atomic E-state index is 12.3. The Labute approximate surface area is 126 Å². The van der Waals surface area contributed by atoms with Crippen molar-refractivity contribution in [2.24, 2.45) is 5.41 Å². The van der Waals surface area contributed by atoms with Gasteiger partial charge in [0, 0.05) is 12.1 Å². The molecule has 5 nitrogen and oxygen atoms in total. The maximum atomic E-state index is 12.3. The Bertz CT molecular complexity index is 594. The van der Waals surface area contributed by atoms with Crippen LogP contribution in [0.25, 0.3) is 0 Å². The molecule has 0 amide bonds. The van der Waals surface area contributed by atoms with Crippen molar-refractivity contribution in [1.29, 1.82) is 0 Å². The Morgan fingerprint density at radius 1 is 1.38 bits per heavy atom. The van der Waals surface area contributed by atoms with E-state index in [2.05, 4.69) is 11.6 Å². The number of hydrogen-bond acceptors (Lipinski definition) is 4. The predicted octanol–water partition coefficient (Wildman–Crippen LogP) is 2.05. The Morgan fingerprint density at radius 2 is 2.10 bits per heavy atom. The van der Waals surface area contributed by atoms with Gasteiger partial charge in [-0.15, -0.1) is 0 Å². The summed E-state index contributed by atoms with van der Waals surface area (Å²) in [7, 11) is -3.55. The number of hydrogen-bond donors (Lipinski definition) is 2. The molecular formula is C15H23NO4S. The van der Waals surface area contributed by atoms with Crippen molar-refractivity contribution >= 4 is 10.0 Å². The molecule has 1 aromatic carbocycles. The first-order valence-electron chi connectivity index (χ1n) is 7.26. The highest BCUT2D eigenvalue weighted by Gasteiger charge is 2.33. The minimum absolute atomic E-state index is 0.0815. The molecule has 0 aliphatic heterocycles. The topological polar surface area (TPSA) is 75.6 Å². The molecule has 2 rings (SSSR count). The smallest absolute Gasteiger partial charge is 0.240 e. The molecule has 0 radical (unpaired) electrons. The minimum Gasteiger partial charge on any atom is -0.494 e. The molecule has 0 aromatic heterocycles. The van der Waals surface area contributed by atoms with E-state index in [4.69, 9.17) is 4.74 Å². The molecule has 0 heterocycles. The number of aliphatic hydroxyl groups is 1. The summed E-state index contributed by atoms with van der Waals surface area (Å²) in [6.45, 7) is 4.60. The fraction of sp³-hybridized carbons (Fsp3) is 0.600. The molecule has 1 saturated carbocycles. The number of nitrogens with one attached hydrogen (secondary N) is 1. The highest BCUT2D eigenvalue weighted by atomic mass is 32.2. The first kappa shape index (κ1) is 16.3. The van der Waals surface area contributed by atoms with Crippen LogP contribution in [0.5, 0.6) is 5.75 Å². The lowest BCUT2D eigenvalue weighted by molar-refractivity contribution is 0.166. The van der Waals surface area contributed by atoms with E-state index in [1.165, 1.54) is 12.1 Å². The lowest BCUT2D eigenvalue weighted by Gasteiger charge is -2.38. The SMILES string of the molecule is CCOc1ccc(S(=O)(=O)NCC2(C)CCC2)cc1CO. The highest BCUT2D eigenvalue weighted by molar-refractivity contribution is 7.89. The molecule has 1 aliphatic rings. The van der Waals surface area contributed by atoms with Crippen molar-refractivity contribution in [2.75, 3.05) is 13.2 Å². The quantitative estimate of drug-likeness (QED) is 0.808. The molecule has 0 saturated heterocycles. The molecule has 6 heteroatoms. The second-order valence-corrected chi connectivity index (χ2v) is 7.62. The van der Waals surface area contributed by atoms with Crippen LogP contribution in [0.15, 0.2) is 23.1 Å². The predicted molar refractivity (Wildman–Crippen MR) is 80.7 cm³/mol. The van der Waals surface area contributed by atoms with Gasteiger partial charge in [-0.2, -0.15) is 0 Å². The summed E-state index contributed by atoms with van der Waals surface area (Å²) in [6, 6.07) is 4.57. The Morgan fingerprint density at radius 3 is 2.62 bits per heavy atom. The Balaban J connectivity index is 2.15. The second-order valence-electron chi connectivity index (χ2n) is 5.85. The maximum Gasteiger partial charge on any atom is 0.240 e. The summed E-state index contributed by atoms with van der Waals surface area (Å²) in [5, 5.41) is 9.35. The van der Waals surface area contributed by atoms with Crippen LogP contribution in [-0.2, 0) is 16.6 Å². The van der Waals surface area contributed by atoms with Gasteiger partial charge in [0.1, 0.15) is 5.75 Å². The summed E-state index contributed by atoms with van der Waals surface area (Å²) >= 11 is 0. The van der Waals surface area contributed by atoms with Crippen molar-refractivity contribution in [3.8, 4) is 5.75 Å². The number of ether oxygens (including phenoxy) is 1. The van der Waals surface area contributed by atoms with E-state index >= 15 is 0 Å². The van der Waals surface area contributed by atoms with Crippen molar-refractivity contribution in [3.05, 3.63) is 23.8 Å². The first-order chi connectivity index (χ1) is 9.90. The molecule has 1 fully saturated rings. The average molecular weight is 313 g/mol. The van der Waals surface area contributed by atoms with Gasteiger partial charge in [0.25, 0.3) is 0 Å². The summed E-state index contributed by atoms with van der Waals surface area (Å²) in [5.41, 5.74) is 0.563. The lowest BCUT2D eigenvalue weighted by atomic mass is 9.71. The second kappa shape index (κ2) is 6.34. The average Bonchev–Trinajstić information content (AvgIpc) is 2.43. The van der Waals surface area contributed by atoms with Gasteiger partial charge in [-0.1, -0.05) is 13.3 Å². The van der Waals surface area contributed by atoms with Gasteiger partial charge in [0.15, 0.2) is 0 Å². The van der Waals surface area contributed by atoms with Crippen molar-refractivity contribution in [2.45, 2.75) is 44.6 Å². The van der Waals surface area contributed by atoms with Crippen LogP contribution in [-0.4, -0.2) is 26.7 Å². The van der Waals surface area contributed by atoms with Gasteiger partial charge in [-0.3, -0.25) is 0 Å². The van der Waals surface area contributed by atoms with E-state index < -0.39 is 10.0 Å². The van der Waals surface area contributed by atoms with E-state index in [1.54, 1.807) is 6.07 Å². The largest absolute Gasteiger partial charge is 0.494 e. The zero-order valence-corrected chi connectivity index (χ0v) is 13.4. The fourth-order valence-corrected chi connectivity index (χ4v) is 3.70. The molecular weight excluding hydrogens is 290 g/mol. The van der Waals surface area contributed by atoms with Crippen LogP contribution in [0, 0.1) is 5.41 Å². The fourth-order valence-electron chi connectivity index (χ4n) is 2.45. The number of aliphatic hydroxyl groups excluding tert-OH is 1. The van der Waals surface area contributed by atoms with Crippen LogP contribution in [0.2, 0.25) is 0 Å². The standard InChI is InChI=1S/C15H23NO4S/c1-3-20-14-6-5-13(9-12(14)10-17)21(18,19)16-11-15(2)7-4-8-15/h5-6,9,16-17H,3-4,7-8,10-11H2,1-2H3. The Hall–Kier alpha value is -1.11. The van der Waals surface area contributed by atoms with Crippen LogP contribution in [0.3, 0.4) is 0 Å². The van der Waals surface area contributed by atoms with Crippen LogP contribution < -0.4 is 9.46 Å². The van der Waals surface area contributed by atoms with Crippen molar-refractivity contribution in [3.63, 3.8) is 0 Å². The first-order valence-corrected chi connectivity index (χ1v) is 8.75. The van der Waals surface area contributed by atoms with Gasteiger partial charge >= 0.3 is 0 Å². The molecule has 0 bridgehead atoms. The van der Waals surface area contributed by atoms with E-state index in [-0.39, 0.29) is 16.9 Å². The number of sulfonamides is 1.